The van der Waals surface area contributed by atoms with Gasteiger partial charge < -0.3 is 14.2 Å². The molecule has 1 heterocycles. The number of aromatic nitrogens is 1. The molecule has 0 spiro atoms. The van der Waals surface area contributed by atoms with Crippen LogP contribution in [0.25, 0.3) is 17.0 Å². The Balaban J connectivity index is 1.64. The van der Waals surface area contributed by atoms with Crippen molar-refractivity contribution < 1.29 is 41.4 Å². The summed E-state index contributed by atoms with van der Waals surface area (Å²) in [6.45, 7) is -7.30. The predicted octanol–water partition coefficient (Wildman–Crippen LogP) is 4.88. The molecule has 0 amide bonds. The molecular weight excluding hydrogens is 434 g/mol. The Kier molecular flexibility index (Phi) is 7.37. The third kappa shape index (κ3) is 6.27. The monoisotopic (exact) mass is 449 g/mol. The van der Waals surface area contributed by atoms with E-state index in [2.05, 4.69) is 14.5 Å². The highest BCUT2D eigenvalue weighted by atomic mass is 19.3. The first-order chi connectivity index (χ1) is 15.3. The molecule has 2 aromatic carbocycles. The van der Waals surface area contributed by atoms with E-state index in [0.29, 0.717) is 5.69 Å². The van der Waals surface area contributed by atoms with Crippen LogP contribution in [0.3, 0.4) is 0 Å². The number of hydrogen-bond donors (Lipinski definition) is 0. The molecular formula is C22H15F4NO5. The van der Waals surface area contributed by atoms with E-state index in [1.165, 1.54) is 6.08 Å². The van der Waals surface area contributed by atoms with Crippen molar-refractivity contribution in [1.82, 2.24) is 4.98 Å². The number of carbonyl (C=O) groups excluding carboxylic acids is 2. The van der Waals surface area contributed by atoms with Gasteiger partial charge in [0.15, 0.2) is 6.61 Å². The summed E-state index contributed by atoms with van der Waals surface area (Å²) in [6, 6.07) is 13.5. The van der Waals surface area contributed by atoms with Crippen LogP contribution in [0.5, 0.6) is 11.5 Å². The Labute approximate surface area is 179 Å². The summed E-state index contributed by atoms with van der Waals surface area (Å²) in [7, 11) is 0. The van der Waals surface area contributed by atoms with Crippen LogP contribution in [0.2, 0.25) is 0 Å². The van der Waals surface area contributed by atoms with Crippen LogP contribution in [0, 0.1) is 0 Å². The van der Waals surface area contributed by atoms with Crippen LogP contribution in [-0.4, -0.2) is 36.6 Å². The largest absolute Gasteiger partial charge is 0.454 e. The van der Waals surface area contributed by atoms with Gasteiger partial charge in [-0.05, 0) is 30.3 Å². The number of carbonyl (C=O) groups is 2. The van der Waals surface area contributed by atoms with Gasteiger partial charge in [0, 0.05) is 17.5 Å². The molecule has 0 fully saturated rings. The molecule has 1 aromatic heterocycles. The smallest absolute Gasteiger partial charge is 0.387 e. The number of Topliss-reactive ketones (excluding diaryl/α,β-unsaturated/α-hetero) is 1. The standard InChI is InChI=1S/C22H15F4NO5/c23-21(24)31-15-8-9-16(19(11-15)32-22(25)26)18(28)12-30-20(29)10-7-14-6-5-13-3-1-2-4-17(13)27-14/h1-11,21-22H,12H2. The quantitative estimate of drug-likeness (QED) is 0.201. The predicted molar refractivity (Wildman–Crippen MR) is 106 cm³/mol. The molecule has 166 valence electrons. The van der Waals surface area contributed by atoms with Crippen LogP contribution >= 0.6 is 0 Å². The summed E-state index contributed by atoms with van der Waals surface area (Å²) in [4.78, 5) is 28.5. The van der Waals surface area contributed by atoms with Crippen molar-refractivity contribution in [2.75, 3.05) is 6.61 Å². The van der Waals surface area contributed by atoms with E-state index >= 15 is 0 Å². The van der Waals surface area contributed by atoms with Gasteiger partial charge >= 0.3 is 19.2 Å². The highest BCUT2D eigenvalue weighted by molar-refractivity contribution is 6.01. The second-order valence-corrected chi connectivity index (χ2v) is 6.21. The lowest BCUT2D eigenvalue weighted by Crippen LogP contribution is -2.15. The zero-order chi connectivity index (χ0) is 23.1. The molecule has 0 atom stereocenters. The van der Waals surface area contributed by atoms with Gasteiger partial charge in [-0.15, -0.1) is 0 Å². The van der Waals surface area contributed by atoms with Gasteiger partial charge in [-0.1, -0.05) is 24.3 Å². The van der Waals surface area contributed by atoms with E-state index in [1.54, 1.807) is 12.1 Å². The number of alkyl halides is 4. The van der Waals surface area contributed by atoms with Crippen molar-refractivity contribution in [3.63, 3.8) is 0 Å². The fraction of sp³-hybridized carbons (Fsp3) is 0.136. The number of rotatable bonds is 9. The highest BCUT2D eigenvalue weighted by Crippen LogP contribution is 2.28. The summed E-state index contributed by atoms with van der Waals surface area (Å²) in [6.07, 6.45) is 2.45. The fourth-order valence-electron chi connectivity index (χ4n) is 2.69. The third-order valence-corrected chi connectivity index (χ3v) is 4.05. The number of nitrogens with zero attached hydrogens (tertiary/aromatic N) is 1. The summed E-state index contributed by atoms with van der Waals surface area (Å²) in [5.74, 6) is -2.91. The van der Waals surface area contributed by atoms with Crippen molar-refractivity contribution in [3.05, 3.63) is 71.9 Å². The number of para-hydroxylation sites is 1. The van der Waals surface area contributed by atoms with Crippen LogP contribution in [0.4, 0.5) is 17.6 Å². The van der Waals surface area contributed by atoms with E-state index in [9.17, 15) is 27.2 Å². The lowest BCUT2D eigenvalue weighted by Gasteiger charge is -2.12. The number of ketones is 1. The minimum absolute atomic E-state index is 0.389. The average Bonchev–Trinajstić information content (AvgIpc) is 2.75. The van der Waals surface area contributed by atoms with E-state index in [-0.39, 0.29) is 5.56 Å². The molecule has 0 N–H and O–H groups in total. The van der Waals surface area contributed by atoms with Crippen LogP contribution in [0.15, 0.2) is 60.7 Å². The SMILES string of the molecule is O=C(C=Cc1ccc2ccccc2n1)OCC(=O)c1ccc(OC(F)F)cc1OC(F)F. The second-order valence-electron chi connectivity index (χ2n) is 6.21. The van der Waals surface area contributed by atoms with Gasteiger partial charge in [-0.2, -0.15) is 17.6 Å². The Morgan fingerprint density at radius 1 is 0.938 bits per heavy atom. The van der Waals surface area contributed by atoms with Crippen LogP contribution < -0.4 is 9.47 Å². The van der Waals surface area contributed by atoms with E-state index in [1.807, 2.05) is 24.3 Å². The minimum atomic E-state index is -3.32. The van der Waals surface area contributed by atoms with Gasteiger partial charge in [0.1, 0.15) is 11.5 Å². The normalized spacial score (nSPS) is 11.3. The number of hydrogen-bond acceptors (Lipinski definition) is 6. The van der Waals surface area contributed by atoms with Crippen molar-refractivity contribution in [2.45, 2.75) is 13.2 Å². The molecule has 0 aliphatic heterocycles. The number of pyridine rings is 1. The minimum Gasteiger partial charge on any atom is -0.454 e. The van der Waals surface area contributed by atoms with E-state index in [0.717, 1.165) is 35.2 Å². The first kappa shape index (κ1) is 22.7. The van der Waals surface area contributed by atoms with Crippen molar-refractivity contribution in [3.8, 4) is 11.5 Å². The first-order valence-corrected chi connectivity index (χ1v) is 9.09. The maximum atomic E-state index is 12.6. The number of benzene rings is 2. The van der Waals surface area contributed by atoms with Crippen molar-refractivity contribution >= 4 is 28.7 Å². The summed E-state index contributed by atoms with van der Waals surface area (Å²) >= 11 is 0. The molecule has 0 radical (unpaired) electrons. The van der Waals surface area contributed by atoms with Crippen molar-refractivity contribution in [1.29, 1.82) is 0 Å². The summed E-state index contributed by atoms with van der Waals surface area (Å²) in [5, 5.41) is 0.921. The molecule has 0 aliphatic rings. The number of fused-ring (bicyclic) bond motifs is 1. The molecule has 0 saturated heterocycles. The van der Waals surface area contributed by atoms with Gasteiger partial charge in [0.25, 0.3) is 0 Å². The Morgan fingerprint density at radius 3 is 2.44 bits per heavy atom. The highest BCUT2D eigenvalue weighted by Gasteiger charge is 2.19. The van der Waals surface area contributed by atoms with E-state index < -0.39 is 43.1 Å². The topological polar surface area (TPSA) is 74.7 Å². The van der Waals surface area contributed by atoms with Crippen LogP contribution in [0.1, 0.15) is 16.1 Å². The zero-order valence-electron chi connectivity index (χ0n) is 16.2. The molecule has 0 aliphatic carbocycles. The van der Waals surface area contributed by atoms with E-state index in [4.69, 9.17) is 4.74 Å². The molecule has 32 heavy (non-hydrogen) atoms. The molecule has 3 aromatic rings. The molecule has 0 saturated carbocycles. The molecule has 3 rings (SSSR count). The van der Waals surface area contributed by atoms with Gasteiger partial charge in [-0.3, -0.25) is 4.79 Å². The zero-order valence-corrected chi connectivity index (χ0v) is 16.2. The Bertz CT molecular complexity index is 1150. The maximum Gasteiger partial charge on any atom is 0.387 e. The van der Waals surface area contributed by atoms with Gasteiger partial charge in [-0.25, -0.2) is 9.78 Å². The molecule has 10 heteroatoms. The second kappa shape index (κ2) is 10.4. The van der Waals surface area contributed by atoms with Crippen molar-refractivity contribution in [2.24, 2.45) is 0 Å². The van der Waals surface area contributed by atoms with Gasteiger partial charge in [0.05, 0.1) is 16.8 Å². The first-order valence-electron chi connectivity index (χ1n) is 9.09. The Hall–Kier alpha value is -3.95. The molecule has 0 unspecified atom stereocenters. The van der Waals surface area contributed by atoms with Crippen LogP contribution in [-0.2, 0) is 9.53 Å². The lowest BCUT2D eigenvalue weighted by atomic mass is 10.1. The molecule has 0 bridgehead atoms. The third-order valence-electron chi connectivity index (χ3n) is 4.05. The summed E-state index contributed by atoms with van der Waals surface area (Å²) < 4.78 is 63.0. The lowest BCUT2D eigenvalue weighted by molar-refractivity contribution is -0.136. The number of esters is 1. The maximum absolute atomic E-state index is 12.6. The average molecular weight is 449 g/mol. The Morgan fingerprint density at radius 2 is 1.69 bits per heavy atom. The fourth-order valence-corrected chi connectivity index (χ4v) is 2.69. The molecule has 6 nitrogen and oxygen atoms in total. The van der Waals surface area contributed by atoms with Gasteiger partial charge in [0.2, 0.25) is 5.78 Å². The summed E-state index contributed by atoms with van der Waals surface area (Å²) in [5.41, 5.74) is 0.818. The number of ether oxygens (including phenoxy) is 3. The number of halogens is 4.